The van der Waals surface area contributed by atoms with Crippen molar-refractivity contribution in [3.8, 4) is 11.6 Å². The van der Waals surface area contributed by atoms with Crippen molar-refractivity contribution in [2.75, 3.05) is 5.32 Å². The van der Waals surface area contributed by atoms with E-state index < -0.39 is 0 Å². The summed E-state index contributed by atoms with van der Waals surface area (Å²) < 4.78 is 7.49. The Balaban J connectivity index is 1.40. The molecule has 9 heteroatoms. The predicted molar refractivity (Wildman–Crippen MR) is 126 cm³/mol. The summed E-state index contributed by atoms with van der Waals surface area (Å²) in [5, 5.41) is 16.5. The maximum atomic E-state index is 12.6. The Morgan fingerprint density at radius 3 is 2.48 bits per heavy atom. The summed E-state index contributed by atoms with van der Waals surface area (Å²) in [5.41, 5.74) is 3.82. The van der Waals surface area contributed by atoms with Gasteiger partial charge >= 0.3 is 0 Å². The first-order chi connectivity index (χ1) is 16.0. The van der Waals surface area contributed by atoms with E-state index in [0.29, 0.717) is 29.7 Å². The van der Waals surface area contributed by atoms with Crippen molar-refractivity contribution >= 4 is 34.9 Å². The number of halogens is 2. The van der Waals surface area contributed by atoms with E-state index in [1.165, 1.54) is 0 Å². The Hall–Kier alpha value is -3.42. The molecule has 0 unspecified atom stereocenters. The van der Waals surface area contributed by atoms with Crippen molar-refractivity contribution in [1.82, 2.24) is 20.0 Å². The molecule has 166 valence electrons. The highest BCUT2D eigenvalue weighted by atomic mass is 35.5. The summed E-state index contributed by atoms with van der Waals surface area (Å²) in [5.74, 6) is 1.62. The maximum absolute atomic E-state index is 12.6. The zero-order valence-electron chi connectivity index (χ0n) is 17.6. The molecule has 0 saturated heterocycles. The summed E-state index contributed by atoms with van der Waals surface area (Å²) in [4.78, 5) is 12.6. The van der Waals surface area contributed by atoms with E-state index in [0.717, 1.165) is 28.1 Å². The summed E-state index contributed by atoms with van der Waals surface area (Å²) in [6.45, 7) is 2.37. The zero-order valence-corrected chi connectivity index (χ0v) is 19.1. The quantitative estimate of drug-likeness (QED) is 0.418. The molecular formula is C24H19Cl2N5O2. The Morgan fingerprint density at radius 1 is 1.03 bits per heavy atom. The number of benzene rings is 2. The van der Waals surface area contributed by atoms with E-state index in [4.69, 9.17) is 27.9 Å². The molecule has 0 fully saturated rings. The number of aryl methyl sites for hydroxylation is 1. The summed E-state index contributed by atoms with van der Waals surface area (Å²) in [6.07, 6.45) is 0.330. The number of nitrogens with one attached hydrogen (secondary N) is 1. The Bertz CT molecular complexity index is 1300. The molecule has 0 bridgehead atoms. The van der Waals surface area contributed by atoms with Crippen LogP contribution in [-0.2, 0) is 11.4 Å². The number of amides is 1. The highest BCUT2D eigenvalue weighted by Crippen LogP contribution is 2.40. The minimum atomic E-state index is -0.131. The maximum Gasteiger partial charge on any atom is 0.226 e. The number of ether oxygens (including phenoxy) is 1. The van der Waals surface area contributed by atoms with Crippen LogP contribution >= 0.6 is 23.2 Å². The van der Waals surface area contributed by atoms with Crippen molar-refractivity contribution in [3.63, 3.8) is 0 Å². The van der Waals surface area contributed by atoms with Crippen molar-refractivity contribution in [3.05, 3.63) is 93.2 Å². The first-order valence-electron chi connectivity index (χ1n) is 10.3. The number of aromatic nitrogens is 4. The summed E-state index contributed by atoms with van der Waals surface area (Å²) in [6, 6.07) is 18.7. The fourth-order valence-corrected chi connectivity index (χ4v) is 4.19. The fraction of sp³-hybridized carbons (Fsp3) is 0.167. The SMILES string of the molecule is Cc1nn(-c2ccc(Cl)nn2)c2c1[C@@H](c1ccc(OCc3ccc(Cl)cc3)cc1)CC(=O)N2. The molecule has 1 N–H and O–H groups in total. The van der Waals surface area contributed by atoms with E-state index in [9.17, 15) is 4.79 Å². The number of rotatable bonds is 5. The molecular weight excluding hydrogens is 461 g/mol. The van der Waals surface area contributed by atoms with Crippen molar-refractivity contribution in [1.29, 1.82) is 0 Å². The van der Waals surface area contributed by atoms with Crippen molar-refractivity contribution in [2.45, 2.75) is 25.9 Å². The van der Waals surface area contributed by atoms with Gasteiger partial charge < -0.3 is 10.1 Å². The molecule has 0 radical (unpaired) electrons. The number of anilines is 1. The number of hydrogen-bond donors (Lipinski definition) is 1. The predicted octanol–water partition coefficient (Wildman–Crippen LogP) is 5.33. The molecule has 5 rings (SSSR count). The van der Waals surface area contributed by atoms with Gasteiger partial charge in [0.2, 0.25) is 5.91 Å². The third-order valence-electron chi connectivity index (χ3n) is 5.54. The Labute approximate surface area is 200 Å². The molecule has 1 aliphatic rings. The monoisotopic (exact) mass is 479 g/mol. The van der Waals surface area contributed by atoms with Crippen LogP contribution in [0.2, 0.25) is 10.2 Å². The molecule has 0 saturated carbocycles. The fourth-order valence-electron chi connectivity index (χ4n) is 3.96. The molecule has 7 nitrogen and oxygen atoms in total. The van der Waals surface area contributed by atoms with Gasteiger partial charge in [0, 0.05) is 22.9 Å². The van der Waals surface area contributed by atoms with E-state index in [1.807, 2.05) is 55.5 Å². The van der Waals surface area contributed by atoms with E-state index in [2.05, 4.69) is 20.6 Å². The van der Waals surface area contributed by atoms with Gasteiger partial charge in [0.1, 0.15) is 18.2 Å². The van der Waals surface area contributed by atoms with Gasteiger partial charge in [-0.3, -0.25) is 4.79 Å². The van der Waals surface area contributed by atoms with Gasteiger partial charge in [-0.05, 0) is 54.4 Å². The minimum absolute atomic E-state index is 0.0846. The lowest BCUT2D eigenvalue weighted by molar-refractivity contribution is -0.116. The van der Waals surface area contributed by atoms with Crippen molar-refractivity contribution in [2.24, 2.45) is 0 Å². The first-order valence-corrected chi connectivity index (χ1v) is 11.1. The van der Waals surface area contributed by atoms with Crippen LogP contribution in [0, 0.1) is 6.92 Å². The smallest absolute Gasteiger partial charge is 0.226 e. The van der Waals surface area contributed by atoms with Crippen LogP contribution in [0.25, 0.3) is 5.82 Å². The molecule has 3 heterocycles. The third-order valence-corrected chi connectivity index (χ3v) is 5.99. The molecule has 4 aromatic rings. The van der Waals surface area contributed by atoms with Crippen LogP contribution in [0.4, 0.5) is 5.82 Å². The van der Waals surface area contributed by atoms with Crippen LogP contribution in [0.15, 0.2) is 60.7 Å². The lowest BCUT2D eigenvalue weighted by Gasteiger charge is -2.24. The topological polar surface area (TPSA) is 81.9 Å². The molecule has 1 aliphatic heterocycles. The lowest BCUT2D eigenvalue weighted by Crippen LogP contribution is -2.25. The first kappa shape index (κ1) is 21.4. The van der Waals surface area contributed by atoms with Crippen LogP contribution < -0.4 is 10.1 Å². The molecule has 0 spiro atoms. The normalized spacial score (nSPS) is 15.1. The highest BCUT2D eigenvalue weighted by molar-refractivity contribution is 6.30. The molecule has 1 amide bonds. The van der Waals surface area contributed by atoms with E-state index in [-0.39, 0.29) is 17.0 Å². The number of fused-ring (bicyclic) bond motifs is 1. The van der Waals surface area contributed by atoms with Crippen LogP contribution in [-0.4, -0.2) is 25.9 Å². The largest absolute Gasteiger partial charge is 0.489 e. The van der Waals surface area contributed by atoms with E-state index >= 15 is 0 Å². The molecule has 2 aromatic heterocycles. The van der Waals surface area contributed by atoms with Crippen LogP contribution in [0.5, 0.6) is 5.75 Å². The molecule has 1 atom stereocenters. The van der Waals surface area contributed by atoms with Gasteiger partial charge in [0.25, 0.3) is 0 Å². The van der Waals surface area contributed by atoms with Crippen LogP contribution in [0.1, 0.15) is 34.7 Å². The highest BCUT2D eigenvalue weighted by Gasteiger charge is 2.33. The Kier molecular flexibility index (Phi) is 5.74. The molecule has 0 aliphatic carbocycles. The van der Waals surface area contributed by atoms with E-state index in [1.54, 1.807) is 16.8 Å². The number of carbonyl (C=O) groups excluding carboxylic acids is 1. The van der Waals surface area contributed by atoms with Gasteiger partial charge in [-0.1, -0.05) is 47.5 Å². The summed E-state index contributed by atoms with van der Waals surface area (Å²) >= 11 is 11.8. The minimum Gasteiger partial charge on any atom is -0.489 e. The average molecular weight is 480 g/mol. The number of carbonyl (C=O) groups is 1. The van der Waals surface area contributed by atoms with Gasteiger partial charge in [0.05, 0.1) is 5.69 Å². The number of hydrogen-bond acceptors (Lipinski definition) is 5. The molecule has 2 aromatic carbocycles. The van der Waals surface area contributed by atoms with Crippen LogP contribution in [0.3, 0.4) is 0 Å². The standard InChI is InChI=1S/C24H19Cl2N5O2/c1-14-23-19(12-22(32)27-24(23)31(30-14)21-11-10-20(26)28-29-21)16-4-8-18(9-5-16)33-13-15-2-6-17(25)7-3-15/h2-11,19H,12-13H2,1H3,(H,27,32)/t19-/m1/s1. The van der Waals surface area contributed by atoms with Gasteiger partial charge in [-0.2, -0.15) is 9.78 Å². The second kappa shape index (κ2) is 8.84. The summed E-state index contributed by atoms with van der Waals surface area (Å²) in [7, 11) is 0. The number of nitrogens with zero attached hydrogens (tertiary/aromatic N) is 4. The Morgan fingerprint density at radius 2 is 1.79 bits per heavy atom. The lowest BCUT2D eigenvalue weighted by atomic mass is 9.86. The second-order valence-electron chi connectivity index (χ2n) is 7.76. The molecule has 33 heavy (non-hydrogen) atoms. The zero-order chi connectivity index (χ0) is 22.9. The average Bonchev–Trinajstić information content (AvgIpc) is 3.15. The third kappa shape index (κ3) is 4.42. The second-order valence-corrected chi connectivity index (χ2v) is 8.59. The van der Waals surface area contributed by atoms with Gasteiger partial charge in [0.15, 0.2) is 11.0 Å². The van der Waals surface area contributed by atoms with Gasteiger partial charge in [-0.25, -0.2) is 0 Å². The van der Waals surface area contributed by atoms with Gasteiger partial charge in [-0.15, -0.1) is 10.2 Å². The van der Waals surface area contributed by atoms with Crippen molar-refractivity contribution < 1.29 is 9.53 Å².